The number of carbonyl (C=O) groups is 2. The third kappa shape index (κ3) is 9.14. The van der Waals surface area contributed by atoms with Crippen molar-refractivity contribution in [3.8, 4) is 5.75 Å². The standard InChI is InChI=1S/C24H28F3N4O9P/c1-15(21(33)37-2)30-41(36,40-17-8-4-3-5-9-17)38-14-18-10-11-19(39-18)31-13-16(20(32)29-23(31)35)7-6-12-28-22(34)24(25,26)27/h3-5,8-11,13,15,18-19H,6-7,12,14H2,1-2H3,(H,28,34)(H,30,36)(H,29,32,35)/t15-,18-,19+,41?/m0/s1. The molecule has 224 valence electrons. The number of H-pyrrole nitrogens is 1. The van der Waals surface area contributed by atoms with Crippen LogP contribution in [-0.2, 0) is 34.6 Å². The number of hydrogen-bond acceptors (Lipinski definition) is 9. The van der Waals surface area contributed by atoms with Gasteiger partial charge in [0.1, 0.15) is 17.9 Å². The van der Waals surface area contributed by atoms with Crippen molar-refractivity contribution in [2.45, 2.75) is 44.3 Å². The summed E-state index contributed by atoms with van der Waals surface area (Å²) in [7, 11) is -2.98. The van der Waals surface area contributed by atoms with Crippen LogP contribution in [0, 0.1) is 0 Å². The highest BCUT2D eigenvalue weighted by Gasteiger charge is 2.38. The number of amides is 1. The zero-order valence-corrected chi connectivity index (χ0v) is 22.8. The van der Waals surface area contributed by atoms with Crippen molar-refractivity contribution in [1.82, 2.24) is 20.0 Å². The molecule has 0 spiro atoms. The third-order valence-corrected chi connectivity index (χ3v) is 7.21. The monoisotopic (exact) mass is 604 g/mol. The van der Waals surface area contributed by atoms with Gasteiger partial charge in [-0.25, -0.2) is 9.36 Å². The lowest BCUT2D eigenvalue weighted by molar-refractivity contribution is -0.173. The van der Waals surface area contributed by atoms with Crippen LogP contribution in [-0.4, -0.2) is 60.0 Å². The number of alkyl halides is 3. The van der Waals surface area contributed by atoms with Gasteiger partial charge in [0, 0.05) is 18.3 Å². The molecule has 2 heterocycles. The van der Waals surface area contributed by atoms with Crippen LogP contribution in [0.15, 0.2) is 58.3 Å². The number of benzene rings is 1. The second-order valence-electron chi connectivity index (χ2n) is 8.70. The first-order valence-electron chi connectivity index (χ1n) is 12.2. The second-order valence-corrected chi connectivity index (χ2v) is 10.4. The zero-order valence-electron chi connectivity index (χ0n) is 21.9. The molecular formula is C24H28F3N4O9P. The first kappa shape index (κ1) is 31.8. The lowest BCUT2D eigenvalue weighted by atomic mass is 10.2. The molecule has 1 aromatic heterocycles. The molecule has 3 N–H and O–H groups in total. The number of nitrogens with zero attached hydrogens (tertiary/aromatic N) is 1. The Morgan fingerprint density at radius 3 is 2.56 bits per heavy atom. The lowest BCUT2D eigenvalue weighted by Gasteiger charge is -2.24. The van der Waals surface area contributed by atoms with Gasteiger partial charge in [0.05, 0.1) is 13.7 Å². The Balaban J connectivity index is 1.64. The summed E-state index contributed by atoms with van der Waals surface area (Å²) >= 11 is 0. The summed E-state index contributed by atoms with van der Waals surface area (Å²) in [5.41, 5.74) is -1.48. The Morgan fingerprint density at radius 1 is 1.20 bits per heavy atom. The highest BCUT2D eigenvalue weighted by molar-refractivity contribution is 7.52. The van der Waals surface area contributed by atoms with E-state index in [1.165, 1.54) is 37.4 Å². The molecular weight excluding hydrogens is 576 g/mol. The molecule has 1 aliphatic heterocycles. The molecule has 0 saturated heterocycles. The fourth-order valence-corrected chi connectivity index (χ4v) is 5.07. The largest absolute Gasteiger partial charge is 0.471 e. The first-order valence-corrected chi connectivity index (χ1v) is 13.7. The SMILES string of the molecule is COC(=O)[C@H](C)NP(=O)(OC[C@@H]1C=C[C@H](n2cc(CCCNC(=O)C(F)(F)F)c(=O)[nH]c2=O)O1)Oc1ccccc1. The van der Waals surface area contributed by atoms with Gasteiger partial charge >= 0.3 is 31.5 Å². The van der Waals surface area contributed by atoms with Crippen molar-refractivity contribution in [2.24, 2.45) is 0 Å². The van der Waals surface area contributed by atoms with Gasteiger partial charge in [-0.3, -0.25) is 28.5 Å². The predicted molar refractivity (Wildman–Crippen MR) is 137 cm³/mol. The minimum atomic E-state index is -5.02. The summed E-state index contributed by atoms with van der Waals surface area (Å²) in [6, 6.07) is 7.02. The molecule has 1 aromatic carbocycles. The summed E-state index contributed by atoms with van der Waals surface area (Å²) < 4.78 is 72.9. The summed E-state index contributed by atoms with van der Waals surface area (Å²) in [6.45, 7) is 0.731. The molecule has 1 amide bonds. The average molecular weight is 604 g/mol. The molecule has 0 radical (unpaired) electrons. The highest BCUT2D eigenvalue weighted by atomic mass is 31.2. The van der Waals surface area contributed by atoms with E-state index in [0.717, 1.165) is 11.7 Å². The second kappa shape index (κ2) is 13.8. The van der Waals surface area contributed by atoms with E-state index in [-0.39, 0.29) is 37.3 Å². The van der Waals surface area contributed by atoms with E-state index >= 15 is 0 Å². The maximum atomic E-state index is 13.5. The summed E-state index contributed by atoms with van der Waals surface area (Å²) in [5, 5.41) is 4.20. The van der Waals surface area contributed by atoms with Crippen LogP contribution < -0.4 is 26.2 Å². The van der Waals surface area contributed by atoms with Gasteiger partial charge in [-0.15, -0.1) is 0 Å². The van der Waals surface area contributed by atoms with Gasteiger partial charge in [0.2, 0.25) is 0 Å². The van der Waals surface area contributed by atoms with Crippen LogP contribution in [0.1, 0.15) is 25.1 Å². The van der Waals surface area contributed by atoms with E-state index in [0.29, 0.717) is 0 Å². The molecule has 0 fully saturated rings. The minimum absolute atomic E-state index is 0.00533. The fourth-order valence-electron chi connectivity index (χ4n) is 3.57. The smallest absolute Gasteiger partial charge is 0.468 e. The normalized spacial score (nSPS) is 18.9. The van der Waals surface area contributed by atoms with Crippen LogP contribution in [0.25, 0.3) is 0 Å². The van der Waals surface area contributed by atoms with Crippen LogP contribution in [0.3, 0.4) is 0 Å². The number of rotatable bonds is 13. The number of aromatic nitrogens is 2. The van der Waals surface area contributed by atoms with E-state index in [1.807, 2.05) is 0 Å². The number of ether oxygens (including phenoxy) is 2. The lowest BCUT2D eigenvalue weighted by Crippen LogP contribution is -2.38. The molecule has 17 heteroatoms. The number of aromatic amines is 1. The molecule has 4 atom stereocenters. The number of halogens is 3. The average Bonchev–Trinajstić information content (AvgIpc) is 3.39. The molecule has 1 unspecified atom stereocenters. The Kier molecular flexibility index (Phi) is 10.7. The van der Waals surface area contributed by atoms with E-state index in [4.69, 9.17) is 13.8 Å². The van der Waals surface area contributed by atoms with Crippen molar-refractivity contribution < 1.29 is 45.8 Å². The van der Waals surface area contributed by atoms with Crippen molar-refractivity contribution in [1.29, 1.82) is 0 Å². The number of methoxy groups -OCH3 is 1. The van der Waals surface area contributed by atoms with Crippen molar-refractivity contribution in [3.05, 3.63) is 75.1 Å². The predicted octanol–water partition coefficient (Wildman–Crippen LogP) is 1.96. The van der Waals surface area contributed by atoms with E-state index in [9.17, 15) is 36.9 Å². The summed E-state index contributed by atoms with van der Waals surface area (Å²) in [6.07, 6.45) is -2.70. The maximum Gasteiger partial charge on any atom is 0.471 e. The number of para-hydroxylation sites is 1. The Hall–Kier alpha value is -3.72. The van der Waals surface area contributed by atoms with Gasteiger partial charge in [0.25, 0.3) is 5.56 Å². The maximum absolute atomic E-state index is 13.5. The summed E-state index contributed by atoms with van der Waals surface area (Å²) in [4.78, 5) is 49.5. The summed E-state index contributed by atoms with van der Waals surface area (Å²) in [5.74, 6) is -2.60. The molecule has 2 aromatic rings. The Morgan fingerprint density at radius 2 is 1.90 bits per heavy atom. The van der Waals surface area contributed by atoms with Crippen LogP contribution in [0.5, 0.6) is 5.75 Å². The van der Waals surface area contributed by atoms with Gasteiger partial charge in [0.15, 0.2) is 6.23 Å². The number of nitrogens with one attached hydrogen (secondary N) is 3. The Bertz CT molecular complexity index is 1410. The minimum Gasteiger partial charge on any atom is -0.468 e. The van der Waals surface area contributed by atoms with Crippen molar-refractivity contribution in [2.75, 3.05) is 20.3 Å². The van der Waals surface area contributed by atoms with Gasteiger partial charge < -0.3 is 19.3 Å². The molecule has 0 saturated carbocycles. The number of hydrogen-bond donors (Lipinski definition) is 3. The van der Waals surface area contributed by atoms with Gasteiger partial charge in [-0.1, -0.05) is 24.3 Å². The zero-order chi connectivity index (χ0) is 30.2. The number of aryl methyl sites for hydroxylation is 1. The third-order valence-electron chi connectivity index (χ3n) is 5.57. The molecule has 3 rings (SSSR count). The van der Waals surface area contributed by atoms with Crippen molar-refractivity contribution >= 4 is 19.6 Å². The molecule has 1 aliphatic rings. The van der Waals surface area contributed by atoms with E-state index in [1.54, 1.807) is 23.5 Å². The first-order chi connectivity index (χ1) is 19.3. The molecule has 13 nitrogen and oxygen atoms in total. The fraction of sp³-hybridized carbons (Fsp3) is 0.417. The van der Waals surface area contributed by atoms with Crippen LogP contribution in [0.4, 0.5) is 13.2 Å². The van der Waals surface area contributed by atoms with Crippen LogP contribution in [0.2, 0.25) is 0 Å². The Labute approximate surface area is 231 Å². The number of carbonyl (C=O) groups excluding carboxylic acids is 2. The molecule has 0 bridgehead atoms. The van der Waals surface area contributed by atoms with Gasteiger partial charge in [-0.2, -0.15) is 18.3 Å². The van der Waals surface area contributed by atoms with E-state index < -0.39 is 55.4 Å². The van der Waals surface area contributed by atoms with Crippen LogP contribution >= 0.6 is 7.75 Å². The molecule has 0 aliphatic carbocycles. The quantitative estimate of drug-likeness (QED) is 0.133. The topological polar surface area (TPSA) is 167 Å². The highest BCUT2D eigenvalue weighted by Crippen LogP contribution is 2.45. The van der Waals surface area contributed by atoms with Crippen molar-refractivity contribution in [3.63, 3.8) is 0 Å². The van der Waals surface area contributed by atoms with Gasteiger partial charge in [-0.05, 0) is 38.0 Å². The number of esters is 1. The van der Waals surface area contributed by atoms with E-state index in [2.05, 4.69) is 14.8 Å². The molecule has 41 heavy (non-hydrogen) atoms.